The molecule has 2 fully saturated rings. The van der Waals surface area contributed by atoms with E-state index >= 15 is 0 Å². The number of benzene rings is 1. The van der Waals surface area contributed by atoms with Crippen LogP contribution in [0.4, 0.5) is 8.78 Å². The van der Waals surface area contributed by atoms with Crippen molar-refractivity contribution in [1.82, 2.24) is 15.5 Å². The van der Waals surface area contributed by atoms with Gasteiger partial charge in [0.2, 0.25) is 5.91 Å². The molecule has 1 aromatic rings. The van der Waals surface area contributed by atoms with Crippen molar-refractivity contribution in [3.63, 3.8) is 0 Å². The van der Waals surface area contributed by atoms with Crippen LogP contribution in [0.3, 0.4) is 0 Å². The summed E-state index contributed by atoms with van der Waals surface area (Å²) in [6.07, 6.45) is 0.441. The number of hydrogen-bond acceptors (Lipinski definition) is 3. The van der Waals surface area contributed by atoms with Gasteiger partial charge in [0.05, 0.1) is 12.6 Å². The normalized spacial score (nSPS) is 28.0. The molecule has 25 heavy (non-hydrogen) atoms. The second kappa shape index (κ2) is 9.12. The van der Waals surface area contributed by atoms with E-state index in [0.717, 1.165) is 19.5 Å². The molecule has 2 N–H and O–H groups in total. The summed E-state index contributed by atoms with van der Waals surface area (Å²) in [6, 6.07) is 9.80. The number of carbonyl (C=O) groups excluding carboxylic acids is 1. The van der Waals surface area contributed by atoms with Gasteiger partial charge in [-0.3, -0.25) is 15.0 Å². The van der Waals surface area contributed by atoms with Gasteiger partial charge in [-0.1, -0.05) is 30.3 Å². The lowest BCUT2D eigenvalue weighted by Gasteiger charge is -2.21. The highest BCUT2D eigenvalue weighted by atomic mass is 35.5. The Balaban J connectivity index is 0.00000156. The molecule has 3 rings (SSSR count). The van der Waals surface area contributed by atoms with Crippen LogP contribution in [-0.2, 0) is 11.3 Å². The molecule has 142 valence electrons. The number of hydrogen-bond donors (Lipinski definition) is 2. The SMILES string of the molecule is CC1CC(NC(=O)C2CC(F)(F)CN2)CN1Cc1ccccc1.Cl.Cl. The first-order valence-corrected chi connectivity index (χ1v) is 8.12. The number of alkyl halides is 2. The molecule has 2 saturated heterocycles. The van der Waals surface area contributed by atoms with Crippen molar-refractivity contribution >= 4 is 30.7 Å². The van der Waals surface area contributed by atoms with Gasteiger partial charge in [-0.2, -0.15) is 0 Å². The molecule has 8 heteroatoms. The van der Waals surface area contributed by atoms with Crippen LogP contribution in [0.5, 0.6) is 0 Å². The molecular weight excluding hydrogens is 371 g/mol. The van der Waals surface area contributed by atoms with Crippen molar-refractivity contribution in [2.75, 3.05) is 13.1 Å². The predicted octanol–water partition coefficient (Wildman–Crippen LogP) is 2.61. The van der Waals surface area contributed by atoms with E-state index < -0.39 is 24.9 Å². The van der Waals surface area contributed by atoms with Gasteiger partial charge < -0.3 is 5.32 Å². The molecule has 0 aliphatic carbocycles. The molecule has 1 amide bonds. The fourth-order valence-electron chi connectivity index (χ4n) is 3.44. The summed E-state index contributed by atoms with van der Waals surface area (Å²) >= 11 is 0. The molecule has 2 aliphatic rings. The monoisotopic (exact) mass is 395 g/mol. The van der Waals surface area contributed by atoms with Crippen molar-refractivity contribution in [3.05, 3.63) is 35.9 Å². The van der Waals surface area contributed by atoms with Crippen molar-refractivity contribution in [2.45, 2.75) is 50.4 Å². The second-order valence-electron chi connectivity index (χ2n) is 6.70. The van der Waals surface area contributed by atoms with Gasteiger partial charge in [-0.15, -0.1) is 24.8 Å². The lowest BCUT2D eigenvalue weighted by Crippen LogP contribution is -2.46. The summed E-state index contributed by atoms with van der Waals surface area (Å²) in [6.45, 7) is 3.32. The van der Waals surface area contributed by atoms with Crippen LogP contribution in [0.1, 0.15) is 25.3 Å². The Morgan fingerprint density at radius 3 is 2.60 bits per heavy atom. The zero-order valence-electron chi connectivity index (χ0n) is 14.1. The summed E-state index contributed by atoms with van der Waals surface area (Å²) in [5, 5.41) is 5.54. The Morgan fingerprint density at radius 2 is 2.00 bits per heavy atom. The predicted molar refractivity (Wildman–Crippen MR) is 98.7 cm³/mol. The van der Waals surface area contributed by atoms with Gasteiger partial charge >= 0.3 is 0 Å². The molecule has 3 atom stereocenters. The summed E-state index contributed by atoms with van der Waals surface area (Å²) in [5.41, 5.74) is 1.24. The van der Waals surface area contributed by atoms with E-state index in [-0.39, 0.29) is 36.8 Å². The van der Waals surface area contributed by atoms with Gasteiger partial charge in [0, 0.05) is 31.6 Å². The fourth-order valence-corrected chi connectivity index (χ4v) is 3.44. The highest BCUT2D eigenvalue weighted by molar-refractivity contribution is 5.85. The van der Waals surface area contributed by atoms with Gasteiger partial charge in [-0.05, 0) is 18.9 Å². The van der Waals surface area contributed by atoms with E-state index in [9.17, 15) is 13.6 Å². The van der Waals surface area contributed by atoms with Gasteiger partial charge in [0.1, 0.15) is 0 Å². The van der Waals surface area contributed by atoms with Gasteiger partial charge in [0.25, 0.3) is 5.92 Å². The van der Waals surface area contributed by atoms with Crippen molar-refractivity contribution in [1.29, 1.82) is 0 Å². The molecule has 0 bridgehead atoms. The topological polar surface area (TPSA) is 44.4 Å². The van der Waals surface area contributed by atoms with Crippen LogP contribution < -0.4 is 10.6 Å². The molecule has 0 aromatic heterocycles. The van der Waals surface area contributed by atoms with Crippen LogP contribution in [-0.4, -0.2) is 47.9 Å². The van der Waals surface area contributed by atoms with E-state index in [1.165, 1.54) is 5.56 Å². The number of amides is 1. The maximum absolute atomic E-state index is 13.2. The quantitative estimate of drug-likeness (QED) is 0.823. The Hall–Kier alpha value is -0.950. The number of likely N-dealkylation sites (tertiary alicyclic amines) is 1. The molecule has 0 radical (unpaired) electrons. The maximum atomic E-state index is 13.2. The molecule has 0 spiro atoms. The smallest absolute Gasteiger partial charge is 0.262 e. The average molecular weight is 396 g/mol. The molecule has 1 aromatic carbocycles. The summed E-state index contributed by atoms with van der Waals surface area (Å²) in [5.74, 6) is -3.08. The Morgan fingerprint density at radius 1 is 1.32 bits per heavy atom. The second-order valence-corrected chi connectivity index (χ2v) is 6.70. The third-order valence-corrected chi connectivity index (χ3v) is 4.71. The van der Waals surface area contributed by atoms with Crippen LogP contribution in [0.25, 0.3) is 0 Å². The minimum absolute atomic E-state index is 0. The number of carbonyl (C=O) groups is 1. The molecule has 0 saturated carbocycles. The van der Waals surface area contributed by atoms with E-state index in [2.05, 4.69) is 34.6 Å². The lowest BCUT2D eigenvalue weighted by molar-refractivity contribution is -0.124. The molecule has 2 aliphatic heterocycles. The van der Waals surface area contributed by atoms with Gasteiger partial charge in [0.15, 0.2) is 0 Å². The first-order valence-electron chi connectivity index (χ1n) is 8.12. The first-order chi connectivity index (χ1) is 10.9. The summed E-state index contributed by atoms with van der Waals surface area (Å²) < 4.78 is 26.4. The first kappa shape index (κ1) is 22.1. The van der Waals surface area contributed by atoms with E-state index in [1.54, 1.807) is 0 Å². The minimum atomic E-state index is -2.77. The highest BCUT2D eigenvalue weighted by Gasteiger charge is 2.43. The van der Waals surface area contributed by atoms with Crippen LogP contribution in [0, 0.1) is 0 Å². The maximum Gasteiger partial charge on any atom is 0.262 e. The standard InChI is InChI=1S/C17H23F2N3O.2ClH/c1-12-7-14(10-22(12)9-13-5-3-2-4-6-13)21-16(23)15-8-17(18,19)11-20-15;;/h2-6,12,14-15,20H,7-11H2,1H3,(H,21,23);2*1H. The molecular formula is C17H25Cl2F2N3O. The number of halogens is 4. The lowest BCUT2D eigenvalue weighted by atomic mass is 10.1. The number of rotatable bonds is 4. The van der Waals surface area contributed by atoms with E-state index in [0.29, 0.717) is 6.04 Å². The molecule has 3 unspecified atom stereocenters. The third kappa shape index (κ3) is 5.78. The van der Waals surface area contributed by atoms with Crippen LogP contribution in [0.15, 0.2) is 30.3 Å². The van der Waals surface area contributed by atoms with Crippen LogP contribution in [0.2, 0.25) is 0 Å². The Kier molecular flexibility index (Phi) is 8.06. The van der Waals surface area contributed by atoms with E-state index in [1.807, 2.05) is 18.2 Å². The fraction of sp³-hybridized carbons (Fsp3) is 0.588. The zero-order valence-corrected chi connectivity index (χ0v) is 15.7. The zero-order chi connectivity index (χ0) is 16.4. The van der Waals surface area contributed by atoms with Gasteiger partial charge in [-0.25, -0.2) is 8.78 Å². The third-order valence-electron chi connectivity index (χ3n) is 4.71. The van der Waals surface area contributed by atoms with Crippen LogP contribution >= 0.6 is 24.8 Å². The van der Waals surface area contributed by atoms with E-state index in [4.69, 9.17) is 0 Å². The molecule has 4 nitrogen and oxygen atoms in total. The van der Waals surface area contributed by atoms with Crippen molar-refractivity contribution < 1.29 is 13.6 Å². The van der Waals surface area contributed by atoms with Crippen molar-refractivity contribution in [2.24, 2.45) is 0 Å². The largest absolute Gasteiger partial charge is 0.351 e. The summed E-state index contributed by atoms with van der Waals surface area (Å²) in [4.78, 5) is 14.5. The average Bonchev–Trinajstić information content (AvgIpc) is 3.03. The Labute approximate surface area is 159 Å². The number of nitrogens with one attached hydrogen (secondary N) is 2. The summed E-state index contributed by atoms with van der Waals surface area (Å²) in [7, 11) is 0. The van der Waals surface area contributed by atoms with Crippen molar-refractivity contribution in [3.8, 4) is 0 Å². The number of nitrogens with zero attached hydrogens (tertiary/aromatic N) is 1. The molecule has 2 heterocycles. The Bertz CT molecular complexity index is 562. The highest BCUT2D eigenvalue weighted by Crippen LogP contribution is 2.26. The minimum Gasteiger partial charge on any atom is -0.351 e.